The molecule has 3 rings (SSSR count). The van der Waals surface area contributed by atoms with Crippen LogP contribution in [0.25, 0.3) is 11.4 Å². The van der Waals surface area contributed by atoms with Gasteiger partial charge in [0.2, 0.25) is 5.95 Å². The molecule has 1 atom stereocenters. The van der Waals surface area contributed by atoms with Crippen LogP contribution in [0.3, 0.4) is 0 Å². The Labute approximate surface area is 130 Å². The van der Waals surface area contributed by atoms with Crippen molar-refractivity contribution >= 4 is 33.2 Å². The molecule has 0 aromatic carbocycles. The van der Waals surface area contributed by atoms with Crippen LogP contribution in [-0.2, 0) is 0 Å². The SMILES string of the molecule is CNCC1CCCN(c2n[nH]c(-c3csc(Br)c3)n2)C1. The minimum Gasteiger partial charge on any atom is -0.339 e. The molecule has 20 heavy (non-hydrogen) atoms. The maximum atomic E-state index is 4.64. The number of H-pyrrole nitrogens is 1. The Morgan fingerprint density at radius 1 is 1.60 bits per heavy atom. The first-order valence-corrected chi connectivity index (χ1v) is 8.50. The molecule has 3 heterocycles. The highest BCUT2D eigenvalue weighted by molar-refractivity contribution is 9.11. The lowest BCUT2D eigenvalue weighted by molar-refractivity contribution is 0.399. The normalized spacial score (nSPS) is 19.5. The molecule has 0 spiro atoms. The van der Waals surface area contributed by atoms with E-state index in [1.807, 2.05) is 7.05 Å². The van der Waals surface area contributed by atoms with Crippen molar-refractivity contribution in [2.45, 2.75) is 12.8 Å². The Morgan fingerprint density at radius 3 is 3.25 bits per heavy atom. The van der Waals surface area contributed by atoms with Crippen molar-refractivity contribution in [2.75, 3.05) is 31.6 Å². The molecular formula is C13H18BrN5S. The Bertz CT molecular complexity index is 565. The summed E-state index contributed by atoms with van der Waals surface area (Å²) < 4.78 is 1.11. The van der Waals surface area contributed by atoms with Crippen molar-refractivity contribution in [2.24, 2.45) is 5.92 Å². The standard InChI is InChI=1S/C13H18BrN5S/c1-15-6-9-3-2-4-19(7-9)13-16-12(17-18-13)10-5-11(14)20-8-10/h5,8-9,15H,2-4,6-7H2,1H3,(H,16,17,18). The summed E-state index contributed by atoms with van der Waals surface area (Å²) in [5, 5.41) is 12.8. The lowest BCUT2D eigenvalue weighted by Gasteiger charge is -2.31. The van der Waals surface area contributed by atoms with Gasteiger partial charge in [0.05, 0.1) is 3.79 Å². The molecule has 1 fully saturated rings. The second kappa shape index (κ2) is 6.24. The van der Waals surface area contributed by atoms with Gasteiger partial charge in [-0.2, -0.15) is 4.98 Å². The zero-order valence-electron chi connectivity index (χ0n) is 11.4. The van der Waals surface area contributed by atoms with E-state index in [9.17, 15) is 0 Å². The molecule has 0 saturated carbocycles. The molecule has 1 saturated heterocycles. The van der Waals surface area contributed by atoms with Gasteiger partial charge in [0, 0.05) is 24.0 Å². The first kappa shape index (κ1) is 14.0. The minimum absolute atomic E-state index is 0.686. The molecule has 1 aliphatic rings. The number of anilines is 1. The fraction of sp³-hybridized carbons (Fsp3) is 0.538. The third-order valence-electron chi connectivity index (χ3n) is 3.61. The summed E-state index contributed by atoms with van der Waals surface area (Å²) in [5.41, 5.74) is 1.09. The minimum atomic E-state index is 0.686. The average Bonchev–Trinajstić information content (AvgIpc) is 3.08. The van der Waals surface area contributed by atoms with Crippen molar-refractivity contribution < 1.29 is 0 Å². The van der Waals surface area contributed by atoms with E-state index >= 15 is 0 Å². The second-order valence-electron chi connectivity index (χ2n) is 5.14. The number of piperidine rings is 1. The highest BCUT2D eigenvalue weighted by atomic mass is 79.9. The van der Waals surface area contributed by atoms with E-state index in [1.54, 1.807) is 11.3 Å². The van der Waals surface area contributed by atoms with Gasteiger partial charge in [0.15, 0.2) is 5.82 Å². The summed E-state index contributed by atoms with van der Waals surface area (Å²) in [5.74, 6) is 2.35. The van der Waals surface area contributed by atoms with Crippen LogP contribution in [0.15, 0.2) is 15.2 Å². The molecule has 2 N–H and O–H groups in total. The number of nitrogens with zero attached hydrogens (tertiary/aromatic N) is 3. The van der Waals surface area contributed by atoms with Crippen LogP contribution in [0, 0.1) is 5.92 Å². The lowest BCUT2D eigenvalue weighted by atomic mass is 9.98. The number of hydrogen-bond acceptors (Lipinski definition) is 5. The van der Waals surface area contributed by atoms with Crippen LogP contribution in [0.4, 0.5) is 5.95 Å². The highest BCUT2D eigenvalue weighted by Gasteiger charge is 2.22. The maximum absolute atomic E-state index is 4.64. The number of aromatic amines is 1. The first-order chi connectivity index (χ1) is 9.76. The molecule has 1 unspecified atom stereocenters. The smallest absolute Gasteiger partial charge is 0.245 e. The molecule has 0 aliphatic carbocycles. The number of thiophene rings is 1. The quantitative estimate of drug-likeness (QED) is 0.885. The molecule has 1 aliphatic heterocycles. The van der Waals surface area contributed by atoms with Crippen LogP contribution < -0.4 is 10.2 Å². The summed E-state index contributed by atoms with van der Waals surface area (Å²) in [4.78, 5) is 6.92. The zero-order chi connectivity index (χ0) is 13.9. The summed E-state index contributed by atoms with van der Waals surface area (Å²) in [6.45, 7) is 3.14. The Balaban J connectivity index is 1.73. The fourth-order valence-electron chi connectivity index (χ4n) is 2.66. The van der Waals surface area contributed by atoms with Gasteiger partial charge in [-0.15, -0.1) is 16.4 Å². The summed E-state index contributed by atoms with van der Waals surface area (Å²) in [6.07, 6.45) is 2.49. The Morgan fingerprint density at radius 2 is 2.50 bits per heavy atom. The summed E-state index contributed by atoms with van der Waals surface area (Å²) in [6, 6.07) is 2.06. The van der Waals surface area contributed by atoms with Gasteiger partial charge < -0.3 is 10.2 Å². The molecule has 0 radical (unpaired) electrons. The van der Waals surface area contributed by atoms with E-state index in [0.717, 1.165) is 40.8 Å². The summed E-state index contributed by atoms with van der Waals surface area (Å²) in [7, 11) is 2.01. The number of rotatable bonds is 4. The molecule has 5 nitrogen and oxygen atoms in total. The molecule has 0 amide bonds. The first-order valence-electron chi connectivity index (χ1n) is 6.82. The van der Waals surface area contributed by atoms with E-state index < -0.39 is 0 Å². The van der Waals surface area contributed by atoms with Gasteiger partial charge in [-0.3, -0.25) is 5.10 Å². The van der Waals surface area contributed by atoms with Gasteiger partial charge >= 0.3 is 0 Å². The predicted molar refractivity (Wildman–Crippen MR) is 86.3 cm³/mol. The average molecular weight is 356 g/mol. The van der Waals surface area contributed by atoms with E-state index in [1.165, 1.54) is 12.8 Å². The van der Waals surface area contributed by atoms with Gasteiger partial charge in [-0.05, 0) is 54.3 Å². The van der Waals surface area contributed by atoms with Crippen LogP contribution in [0.5, 0.6) is 0 Å². The van der Waals surface area contributed by atoms with E-state index in [-0.39, 0.29) is 0 Å². The largest absolute Gasteiger partial charge is 0.339 e. The highest BCUT2D eigenvalue weighted by Crippen LogP contribution is 2.28. The zero-order valence-corrected chi connectivity index (χ0v) is 13.8. The summed E-state index contributed by atoms with van der Waals surface area (Å²) >= 11 is 5.14. The number of halogens is 1. The Kier molecular flexibility index (Phi) is 4.38. The van der Waals surface area contributed by atoms with Gasteiger partial charge in [-0.25, -0.2) is 0 Å². The third kappa shape index (κ3) is 3.05. The van der Waals surface area contributed by atoms with Crippen molar-refractivity contribution in [3.63, 3.8) is 0 Å². The number of aromatic nitrogens is 3. The third-order valence-corrected chi connectivity index (χ3v) is 5.11. The van der Waals surface area contributed by atoms with Crippen molar-refractivity contribution in [1.82, 2.24) is 20.5 Å². The van der Waals surface area contributed by atoms with Crippen molar-refractivity contribution in [3.8, 4) is 11.4 Å². The molecule has 2 aromatic rings. The van der Waals surface area contributed by atoms with Gasteiger partial charge in [0.25, 0.3) is 0 Å². The monoisotopic (exact) mass is 355 g/mol. The van der Waals surface area contributed by atoms with Crippen molar-refractivity contribution in [3.05, 3.63) is 15.2 Å². The fourth-order valence-corrected chi connectivity index (χ4v) is 3.80. The predicted octanol–water partition coefficient (Wildman–Crippen LogP) is 2.73. The van der Waals surface area contributed by atoms with Crippen LogP contribution in [0.1, 0.15) is 12.8 Å². The van der Waals surface area contributed by atoms with E-state index in [0.29, 0.717) is 5.92 Å². The Hall–Kier alpha value is -0.920. The molecule has 7 heteroatoms. The molecule has 0 bridgehead atoms. The number of hydrogen-bond donors (Lipinski definition) is 2. The second-order valence-corrected chi connectivity index (χ2v) is 7.43. The van der Waals surface area contributed by atoms with Crippen molar-refractivity contribution in [1.29, 1.82) is 0 Å². The number of nitrogens with one attached hydrogen (secondary N) is 2. The lowest BCUT2D eigenvalue weighted by Crippen LogP contribution is -2.39. The molecule has 2 aromatic heterocycles. The van der Waals surface area contributed by atoms with E-state index in [4.69, 9.17) is 0 Å². The van der Waals surface area contributed by atoms with Crippen LogP contribution in [-0.4, -0.2) is 41.9 Å². The van der Waals surface area contributed by atoms with E-state index in [2.05, 4.69) is 52.8 Å². The molecular weight excluding hydrogens is 338 g/mol. The topological polar surface area (TPSA) is 56.8 Å². The molecule has 108 valence electrons. The van der Waals surface area contributed by atoms with Crippen LogP contribution >= 0.6 is 27.3 Å². The maximum Gasteiger partial charge on any atom is 0.245 e. The van der Waals surface area contributed by atoms with Crippen LogP contribution in [0.2, 0.25) is 0 Å². The van der Waals surface area contributed by atoms with Gasteiger partial charge in [-0.1, -0.05) is 0 Å². The van der Waals surface area contributed by atoms with Gasteiger partial charge in [0.1, 0.15) is 0 Å².